The van der Waals surface area contributed by atoms with Crippen LogP contribution in [0.1, 0.15) is 41.5 Å². The molecule has 3 nitrogen and oxygen atoms in total. The highest BCUT2D eigenvalue weighted by molar-refractivity contribution is 6.14. The zero-order chi connectivity index (χ0) is 20.8. The molecular weight excluding hydrogens is 360 g/mol. The fourth-order valence-corrected chi connectivity index (χ4v) is 3.61. The molecule has 29 heavy (non-hydrogen) atoms. The van der Waals surface area contributed by atoms with Crippen LogP contribution in [-0.2, 0) is 17.6 Å². The first-order valence-electron chi connectivity index (χ1n) is 9.83. The van der Waals surface area contributed by atoms with Crippen molar-refractivity contribution < 1.29 is 15.0 Å². The largest absolute Gasteiger partial charge is 0.508 e. The molecule has 0 spiro atoms. The normalized spacial score (nSPS) is 16.9. The molecule has 0 bridgehead atoms. The Kier molecular flexibility index (Phi) is 6.50. The maximum absolute atomic E-state index is 13.0. The molecule has 0 unspecified atom stereocenters. The van der Waals surface area contributed by atoms with Crippen LogP contribution in [0.5, 0.6) is 11.5 Å². The lowest BCUT2D eigenvalue weighted by atomic mass is 9.86. The number of phenols is 2. The lowest BCUT2D eigenvalue weighted by Crippen LogP contribution is -2.12. The zero-order valence-corrected chi connectivity index (χ0v) is 16.5. The van der Waals surface area contributed by atoms with Gasteiger partial charge in [0.2, 0.25) is 0 Å². The fraction of sp³-hybridized carbons (Fsp3) is 0.192. The molecule has 2 N–H and O–H groups in total. The number of carbonyl (C=O) groups is 1. The van der Waals surface area contributed by atoms with Crippen LogP contribution >= 0.6 is 0 Å². The van der Waals surface area contributed by atoms with Gasteiger partial charge in [0.15, 0.2) is 5.78 Å². The summed E-state index contributed by atoms with van der Waals surface area (Å²) in [6, 6.07) is 10.8. The lowest BCUT2D eigenvalue weighted by molar-refractivity contribution is -0.112. The predicted molar refractivity (Wildman–Crippen MR) is 119 cm³/mol. The second-order valence-corrected chi connectivity index (χ2v) is 7.28. The van der Waals surface area contributed by atoms with Gasteiger partial charge in [-0.25, -0.2) is 0 Å². The topological polar surface area (TPSA) is 57.5 Å². The quantitative estimate of drug-likeness (QED) is 0.489. The van der Waals surface area contributed by atoms with Crippen LogP contribution in [0.4, 0.5) is 0 Å². The molecule has 1 saturated carbocycles. The molecule has 0 saturated heterocycles. The molecule has 0 atom stereocenters. The number of hydrogen-bond acceptors (Lipinski definition) is 3. The van der Waals surface area contributed by atoms with E-state index in [0.717, 1.165) is 52.7 Å². The first-order valence-corrected chi connectivity index (χ1v) is 9.83. The molecule has 0 amide bonds. The third kappa shape index (κ3) is 4.94. The van der Waals surface area contributed by atoms with Crippen LogP contribution in [0.3, 0.4) is 0 Å². The SMILES string of the molecule is C=CCc1cc(C=C2CCCC(=Cc3ccc(O)c(CC=C)c3)C2=O)ccc1O. The van der Waals surface area contributed by atoms with Crippen molar-refractivity contribution in [1.29, 1.82) is 0 Å². The summed E-state index contributed by atoms with van der Waals surface area (Å²) in [4.78, 5) is 13.0. The highest BCUT2D eigenvalue weighted by atomic mass is 16.3. The van der Waals surface area contributed by atoms with Crippen molar-refractivity contribution in [3.05, 3.63) is 95.1 Å². The van der Waals surface area contributed by atoms with Crippen LogP contribution in [0.25, 0.3) is 12.2 Å². The number of hydrogen-bond donors (Lipinski definition) is 2. The van der Waals surface area contributed by atoms with Crippen LogP contribution < -0.4 is 0 Å². The smallest absolute Gasteiger partial charge is 0.185 e. The van der Waals surface area contributed by atoms with Crippen molar-refractivity contribution in [3.8, 4) is 11.5 Å². The van der Waals surface area contributed by atoms with E-state index in [1.54, 1.807) is 24.3 Å². The maximum Gasteiger partial charge on any atom is 0.185 e. The Labute approximate surface area is 172 Å². The van der Waals surface area contributed by atoms with Crippen molar-refractivity contribution in [1.82, 2.24) is 0 Å². The minimum atomic E-state index is 0.0629. The van der Waals surface area contributed by atoms with E-state index in [1.165, 1.54) is 0 Å². The second kappa shape index (κ2) is 9.24. The van der Waals surface area contributed by atoms with E-state index in [9.17, 15) is 15.0 Å². The van der Waals surface area contributed by atoms with Crippen LogP contribution in [0, 0.1) is 0 Å². The Morgan fingerprint density at radius 1 is 0.793 bits per heavy atom. The van der Waals surface area contributed by atoms with Gasteiger partial charge in [-0.3, -0.25) is 4.79 Å². The van der Waals surface area contributed by atoms with Gasteiger partial charge in [-0.1, -0.05) is 24.3 Å². The molecule has 0 aliphatic heterocycles. The van der Waals surface area contributed by atoms with E-state index in [1.807, 2.05) is 36.4 Å². The Bertz CT molecular complexity index is 929. The Morgan fingerprint density at radius 3 is 1.66 bits per heavy atom. The lowest BCUT2D eigenvalue weighted by Gasteiger charge is -2.17. The number of carbonyl (C=O) groups excluding carboxylic acids is 1. The first-order chi connectivity index (χ1) is 14.0. The number of ketones is 1. The average Bonchev–Trinajstić information content (AvgIpc) is 2.70. The summed E-state index contributed by atoms with van der Waals surface area (Å²) in [5.41, 5.74) is 4.97. The van der Waals surface area contributed by atoms with Crippen molar-refractivity contribution in [2.24, 2.45) is 0 Å². The highest BCUT2D eigenvalue weighted by Gasteiger charge is 2.20. The average molecular weight is 386 g/mol. The molecule has 1 fully saturated rings. The highest BCUT2D eigenvalue weighted by Crippen LogP contribution is 2.30. The van der Waals surface area contributed by atoms with Gasteiger partial charge in [0.1, 0.15) is 11.5 Å². The summed E-state index contributed by atoms with van der Waals surface area (Å²) in [6.07, 6.45) is 10.9. The van der Waals surface area contributed by atoms with Gasteiger partial charge in [0.05, 0.1) is 0 Å². The number of allylic oxidation sites excluding steroid dienone is 4. The summed E-state index contributed by atoms with van der Waals surface area (Å²) < 4.78 is 0. The summed E-state index contributed by atoms with van der Waals surface area (Å²) in [6.45, 7) is 7.44. The number of benzene rings is 2. The molecule has 1 aliphatic carbocycles. The molecular formula is C26H26O3. The van der Waals surface area contributed by atoms with Crippen LogP contribution in [0.2, 0.25) is 0 Å². The van der Waals surface area contributed by atoms with Gasteiger partial charge in [0.25, 0.3) is 0 Å². The minimum Gasteiger partial charge on any atom is -0.508 e. The van der Waals surface area contributed by atoms with Crippen molar-refractivity contribution in [2.75, 3.05) is 0 Å². The molecule has 2 aromatic carbocycles. The number of rotatable bonds is 6. The Hall–Kier alpha value is -3.33. The standard InChI is InChI=1S/C26H26O3/c1-3-6-20-14-18(10-12-24(20)27)16-22-8-5-9-23(26(22)29)17-19-11-13-25(28)21(15-19)7-4-2/h3-4,10-17,27-28H,1-2,5-9H2. The van der Waals surface area contributed by atoms with Gasteiger partial charge in [-0.05, 0) is 90.8 Å². The number of aromatic hydroxyl groups is 2. The molecule has 2 aromatic rings. The second-order valence-electron chi connectivity index (χ2n) is 7.28. The minimum absolute atomic E-state index is 0.0629. The van der Waals surface area contributed by atoms with Gasteiger partial charge < -0.3 is 10.2 Å². The van der Waals surface area contributed by atoms with Crippen molar-refractivity contribution >= 4 is 17.9 Å². The van der Waals surface area contributed by atoms with Gasteiger partial charge >= 0.3 is 0 Å². The molecule has 3 rings (SSSR count). The Morgan fingerprint density at radius 2 is 1.24 bits per heavy atom. The van der Waals surface area contributed by atoms with E-state index in [0.29, 0.717) is 12.8 Å². The third-order valence-electron chi connectivity index (χ3n) is 5.09. The van der Waals surface area contributed by atoms with E-state index >= 15 is 0 Å². The fourth-order valence-electron chi connectivity index (χ4n) is 3.61. The molecule has 0 heterocycles. The molecule has 0 radical (unpaired) electrons. The number of phenolic OH excluding ortho intramolecular Hbond substituents is 2. The summed E-state index contributed by atoms with van der Waals surface area (Å²) >= 11 is 0. The van der Waals surface area contributed by atoms with E-state index in [2.05, 4.69) is 13.2 Å². The van der Waals surface area contributed by atoms with Crippen molar-refractivity contribution in [3.63, 3.8) is 0 Å². The van der Waals surface area contributed by atoms with Gasteiger partial charge in [-0.2, -0.15) is 0 Å². The molecule has 0 aromatic heterocycles. The van der Waals surface area contributed by atoms with Gasteiger partial charge in [0, 0.05) is 11.1 Å². The van der Waals surface area contributed by atoms with E-state index in [-0.39, 0.29) is 17.3 Å². The monoisotopic (exact) mass is 386 g/mol. The Balaban J connectivity index is 1.89. The van der Waals surface area contributed by atoms with Gasteiger partial charge in [-0.15, -0.1) is 13.2 Å². The zero-order valence-electron chi connectivity index (χ0n) is 16.5. The number of Topliss-reactive ketones (excluding diaryl/α,β-unsaturated/α-hetero) is 1. The van der Waals surface area contributed by atoms with Crippen molar-refractivity contribution in [2.45, 2.75) is 32.1 Å². The summed E-state index contributed by atoms with van der Waals surface area (Å²) in [7, 11) is 0. The summed E-state index contributed by atoms with van der Waals surface area (Å²) in [5.74, 6) is 0.545. The molecule has 1 aliphatic rings. The maximum atomic E-state index is 13.0. The predicted octanol–water partition coefficient (Wildman–Crippen LogP) is 5.77. The first kappa shape index (κ1) is 20.4. The van der Waals surface area contributed by atoms with Crippen LogP contribution in [0.15, 0.2) is 72.9 Å². The summed E-state index contributed by atoms with van der Waals surface area (Å²) in [5, 5.41) is 19.9. The van der Waals surface area contributed by atoms with E-state index in [4.69, 9.17) is 0 Å². The van der Waals surface area contributed by atoms with Crippen LogP contribution in [-0.4, -0.2) is 16.0 Å². The van der Waals surface area contributed by atoms with E-state index < -0.39 is 0 Å². The molecule has 3 heteroatoms. The molecule has 148 valence electrons. The third-order valence-corrected chi connectivity index (χ3v) is 5.09.